The number of benzene rings is 1. The number of pyridine rings is 1. The van der Waals surface area contributed by atoms with Gasteiger partial charge in [-0.1, -0.05) is 12.1 Å². The first-order valence-corrected chi connectivity index (χ1v) is 5.42. The molecule has 1 N–H and O–H groups in total. The Hall–Kier alpha value is -2.62. The first kappa shape index (κ1) is 10.5. The fourth-order valence-electron chi connectivity index (χ4n) is 1.76. The van der Waals surface area contributed by atoms with Crippen LogP contribution in [-0.4, -0.2) is 10.1 Å². The summed E-state index contributed by atoms with van der Waals surface area (Å²) in [6, 6.07) is 11.6. The van der Waals surface area contributed by atoms with Crippen molar-refractivity contribution in [2.24, 2.45) is 0 Å². The summed E-state index contributed by atoms with van der Waals surface area (Å²) in [7, 11) is 0. The molecule has 0 amide bonds. The molecular weight excluding hydrogens is 230 g/mol. The Kier molecular flexibility index (Phi) is 2.34. The van der Waals surface area contributed by atoms with Crippen molar-refractivity contribution >= 4 is 11.0 Å². The van der Waals surface area contributed by atoms with Crippen molar-refractivity contribution in [3.05, 3.63) is 58.9 Å². The minimum Gasteiger partial charge on any atom is -0.506 e. The third kappa shape index (κ3) is 1.73. The molecule has 3 aromatic rings. The standard InChI is InChI=1S/C14H9NO3/c16-9-5-6-11(15-8-9)14-7-12(17)10-3-1-2-4-13(10)18-14/h1-8,16H. The number of fused-ring (bicyclic) bond motifs is 1. The van der Waals surface area contributed by atoms with Gasteiger partial charge in [-0.2, -0.15) is 0 Å². The lowest BCUT2D eigenvalue weighted by molar-refractivity contribution is 0.472. The van der Waals surface area contributed by atoms with E-state index in [-0.39, 0.29) is 11.2 Å². The van der Waals surface area contributed by atoms with Gasteiger partial charge in [-0.05, 0) is 24.3 Å². The predicted octanol–water partition coefficient (Wildman–Crippen LogP) is 2.56. The minimum atomic E-state index is -0.110. The molecule has 0 unspecified atom stereocenters. The average Bonchev–Trinajstić information content (AvgIpc) is 2.39. The molecule has 2 heterocycles. The molecule has 2 aromatic heterocycles. The maximum Gasteiger partial charge on any atom is 0.193 e. The third-order valence-corrected chi connectivity index (χ3v) is 2.63. The second-order valence-electron chi connectivity index (χ2n) is 3.87. The van der Waals surface area contributed by atoms with Crippen molar-refractivity contribution in [1.82, 2.24) is 4.98 Å². The number of rotatable bonds is 1. The van der Waals surface area contributed by atoms with Crippen LogP contribution in [0.5, 0.6) is 5.75 Å². The van der Waals surface area contributed by atoms with E-state index in [1.54, 1.807) is 30.3 Å². The Labute approximate surface area is 102 Å². The number of para-hydroxylation sites is 1. The summed E-state index contributed by atoms with van der Waals surface area (Å²) >= 11 is 0. The molecule has 0 saturated carbocycles. The van der Waals surface area contributed by atoms with Crippen molar-refractivity contribution in [2.75, 3.05) is 0 Å². The maximum atomic E-state index is 11.9. The van der Waals surface area contributed by atoms with E-state index in [0.717, 1.165) is 0 Å². The number of aromatic hydroxyl groups is 1. The van der Waals surface area contributed by atoms with Gasteiger partial charge in [-0.15, -0.1) is 0 Å². The number of hydrogen-bond acceptors (Lipinski definition) is 4. The van der Waals surface area contributed by atoms with Crippen LogP contribution in [0, 0.1) is 0 Å². The van der Waals surface area contributed by atoms with Crippen LogP contribution in [0.4, 0.5) is 0 Å². The molecule has 4 heteroatoms. The van der Waals surface area contributed by atoms with Gasteiger partial charge < -0.3 is 9.52 Å². The normalized spacial score (nSPS) is 10.7. The molecule has 0 aliphatic rings. The molecule has 1 aromatic carbocycles. The molecule has 88 valence electrons. The van der Waals surface area contributed by atoms with Gasteiger partial charge in [0, 0.05) is 6.07 Å². The summed E-state index contributed by atoms with van der Waals surface area (Å²) in [6.45, 7) is 0. The average molecular weight is 239 g/mol. The molecule has 0 atom stereocenters. The Balaban J connectivity index is 2.24. The summed E-state index contributed by atoms with van der Waals surface area (Å²) < 4.78 is 5.62. The van der Waals surface area contributed by atoms with Gasteiger partial charge in [0.2, 0.25) is 0 Å². The first-order valence-electron chi connectivity index (χ1n) is 5.42. The highest BCUT2D eigenvalue weighted by atomic mass is 16.3. The lowest BCUT2D eigenvalue weighted by atomic mass is 10.2. The van der Waals surface area contributed by atoms with Gasteiger partial charge in [0.25, 0.3) is 0 Å². The highest BCUT2D eigenvalue weighted by Crippen LogP contribution is 2.21. The van der Waals surface area contributed by atoms with Gasteiger partial charge in [0.1, 0.15) is 17.0 Å². The van der Waals surface area contributed by atoms with Crippen LogP contribution >= 0.6 is 0 Å². The van der Waals surface area contributed by atoms with Crippen LogP contribution in [0.15, 0.2) is 57.9 Å². The largest absolute Gasteiger partial charge is 0.506 e. The monoisotopic (exact) mass is 239 g/mol. The minimum absolute atomic E-state index is 0.0712. The van der Waals surface area contributed by atoms with E-state index >= 15 is 0 Å². The van der Waals surface area contributed by atoms with Gasteiger partial charge in [-0.3, -0.25) is 4.79 Å². The van der Waals surface area contributed by atoms with Crippen molar-refractivity contribution in [3.8, 4) is 17.2 Å². The van der Waals surface area contributed by atoms with Crippen molar-refractivity contribution < 1.29 is 9.52 Å². The molecule has 0 spiro atoms. The van der Waals surface area contributed by atoms with Gasteiger partial charge in [0.15, 0.2) is 11.2 Å². The smallest absolute Gasteiger partial charge is 0.193 e. The van der Waals surface area contributed by atoms with E-state index in [1.807, 2.05) is 0 Å². The fraction of sp³-hybridized carbons (Fsp3) is 0. The highest BCUT2D eigenvalue weighted by molar-refractivity contribution is 5.78. The molecule has 18 heavy (non-hydrogen) atoms. The summed E-state index contributed by atoms with van der Waals surface area (Å²) in [5.41, 5.74) is 0.923. The van der Waals surface area contributed by atoms with E-state index in [1.165, 1.54) is 18.3 Å². The van der Waals surface area contributed by atoms with E-state index in [4.69, 9.17) is 4.42 Å². The summed E-state index contributed by atoms with van der Waals surface area (Å²) in [5.74, 6) is 0.459. The van der Waals surface area contributed by atoms with Crippen molar-refractivity contribution in [2.45, 2.75) is 0 Å². The first-order chi connectivity index (χ1) is 8.74. The number of aromatic nitrogens is 1. The molecule has 4 nitrogen and oxygen atoms in total. The molecule has 3 rings (SSSR count). The molecule has 0 aliphatic heterocycles. The van der Waals surface area contributed by atoms with Crippen molar-refractivity contribution in [3.63, 3.8) is 0 Å². The van der Waals surface area contributed by atoms with Crippen LogP contribution in [0.3, 0.4) is 0 Å². The van der Waals surface area contributed by atoms with Crippen LogP contribution in [0.25, 0.3) is 22.4 Å². The Morgan fingerprint density at radius 3 is 2.72 bits per heavy atom. The Bertz CT molecular complexity index is 760. The molecular formula is C14H9NO3. The molecule has 0 bridgehead atoms. The Morgan fingerprint density at radius 1 is 1.11 bits per heavy atom. The van der Waals surface area contributed by atoms with Crippen LogP contribution < -0.4 is 5.43 Å². The molecule has 0 radical (unpaired) electrons. The van der Waals surface area contributed by atoms with Gasteiger partial charge in [-0.25, -0.2) is 4.98 Å². The zero-order valence-electron chi connectivity index (χ0n) is 9.33. The summed E-state index contributed by atoms with van der Waals surface area (Å²) in [5, 5.41) is 9.72. The topological polar surface area (TPSA) is 63.3 Å². The van der Waals surface area contributed by atoms with Crippen LogP contribution in [0.1, 0.15) is 0 Å². The predicted molar refractivity (Wildman–Crippen MR) is 67.4 cm³/mol. The van der Waals surface area contributed by atoms with E-state index in [2.05, 4.69) is 4.98 Å². The summed E-state index contributed by atoms with van der Waals surface area (Å²) in [4.78, 5) is 15.9. The summed E-state index contributed by atoms with van der Waals surface area (Å²) in [6.07, 6.45) is 1.31. The zero-order valence-corrected chi connectivity index (χ0v) is 9.33. The lowest BCUT2D eigenvalue weighted by Gasteiger charge is -2.02. The molecule has 0 fully saturated rings. The highest BCUT2D eigenvalue weighted by Gasteiger charge is 2.07. The number of hydrogen-bond donors (Lipinski definition) is 1. The molecule has 0 aliphatic carbocycles. The number of nitrogens with zero attached hydrogens (tertiary/aromatic N) is 1. The third-order valence-electron chi connectivity index (χ3n) is 2.63. The zero-order chi connectivity index (χ0) is 12.5. The fourth-order valence-corrected chi connectivity index (χ4v) is 1.76. The second-order valence-corrected chi connectivity index (χ2v) is 3.87. The van der Waals surface area contributed by atoms with Crippen LogP contribution in [0.2, 0.25) is 0 Å². The van der Waals surface area contributed by atoms with Crippen LogP contribution in [-0.2, 0) is 0 Å². The molecule has 0 saturated heterocycles. The lowest BCUT2D eigenvalue weighted by Crippen LogP contribution is -2.00. The van der Waals surface area contributed by atoms with Crippen molar-refractivity contribution in [1.29, 1.82) is 0 Å². The second kappa shape index (κ2) is 4.00. The SMILES string of the molecule is O=c1cc(-c2ccc(O)cn2)oc2ccccc12. The maximum absolute atomic E-state index is 11.9. The quantitative estimate of drug-likeness (QED) is 0.708. The Morgan fingerprint density at radius 2 is 1.94 bits per heavy atom. The van der Waals surface area contributed by atoms with Gasteiger partial charge >= 0.3 is 0 Å². The van der Waals surface area contributed by atoms with E-state index in [0.29, 0.717) is 22.4 Å². The van der Waals surface area contributed by atoms with Gasteiger partial charge in [0.05, 0.1) is 11.6 Å². The van der Waals surface area contributed by atoms with E-state index < -0.39 is 0 Å². The van der Waals surface area contributed by atoms with E-state index in [9.17, 15) is 9.90 Å².